The van der Waals surface area contributed by atoms with Gasteiger partial charge in [0.05, 0.1) is 5.25 Å². The molecule has 2 N–H and O–H groups in total. The van der Waals surface area contributed by atoms with Gasteiger partial charge in [0.2, 0.25) is 0 Å². The summed E-state index contributed by atoms with van der Waals surface area (Å²) in [7, 11) is 0. The number of carbonyl (C=O) groups excluding carboxylic acids is 2. The van der Waals surface area contributed by atoms with E-state index in [-0.39, 0.29) is 22.9 Å². The standard InChI is InChI=1S/C18H16FNO4S/c19-13-5-3-12(4-6-13)15(21)10-24-14-7-1-11(2-8-14)9-16-17(22)20-18(23)25-16/h1-8,16-17,22H,9-10H2,(H,20,23). The minimum atomic E-state index is -0.846. The van der Waals surface area contributed by atoms with Crippen molar-refractivity contribution in [2.45, 2.75) is 17.9 Å². The van der Waals surface area contributed by atoms with E-state index in [1.54, 1.807) is 12.1 Å². The fraction of sp³-hybridized carbons (Fsp3) is 0.222. The number of ketones is 1. The lowest BCUT2D eigenvalue weighted by molar-refractivity contribution is 0.0921. The molecule has 1 amide bonds. The molecule has 3 rings (SSSR count). The Bertz CT molecular complexity index is 764. The third-order valence-electron chi connectivity index (χ3n) is 3.77. The normalized spacial score (nSPS) is 19.5. The van der Waals surface area contributed by atoms with Crippen molar-refractivity contribution in [2.75, 3.05) is 6.61 Å². The van der Waals surface area contributed by atoms with Crippen LogP contribution < -0.4 is 10.1 Å². The second kappa shape index (κ2) is 7.67. The number of Topliss-reactive ketones (excluding diaryl/α,β-unsaturated/α-hetero) is 1. The molecule has 2 unspecified atom stereocenters. The van der Waals surface area contributed by atoms with Gasteiger partial charge < -0.3 is 15.2 Å². The number of benzene rings is 2. The predicted octanol–water partition coefficient (Wildman–Crippen LogP) is 2.77. The molecule has 7 heteroatoms. The van der Waals surface area contributed by atoms with Crippen LogP contribution in [0.3, 0.4) is 0 Å². The number of thioether (sulfide) groups is 1. The molecule has 2 atom stereocenters. The Kier molecular flexibility index (Phi) is 5.35. The van der Waals surface area contributed by atoms with Crippen LogP contribution in [0.4, 0.5) is 9.18 Å². The number of amides is 1. The Morgan fingerprint density at radius 1 is 1.16 bits per heavy atom. The van der Waals surface area contributed by atoms with Crippen LogP contribution in [-0.4, -0.2) is 34.2 Å². The molecule has 1 aliphatic heterocycles. The zero-order valence-corrected chi connectivity index (χ0v) is 14.0. The van der Waals surface area contributed by atoms with Gasteiger partial charge in [-0.05, 0) is 48.4 Å². The van der Waals surface area contributed by atoms with Crippen LogP contribution in [0.1, 0.15) is 15.9 Å². The first-order valence-electron chi connectivity index (χ1n) is 7.67. The van der Waals surface area contributed by atoms with Crippen molar-refractivity contribution in [3.05, 3.63) is 65.5 Å². The maximum Gasteiger partial charge on any atom is 0.281 e. The first-order valence-corrected chi connectivity index (χ1v) is 8.55. The molecule has 0 aliphatic carbocycles. The Morgan fingerprint density at radius 2 is 1.84 bits per heavy atom. The van der Waals surface area contributed by atoms with Gasteiger partial charge in [0.15, 0.2) is 12.4 Å². The summed E-state index contributed by atoms with van der Waals surface area (Å²) in [6.45, 7) is -0.138. The van der Waals surface area contributed by atoms with Gasteiger partial charge >= 0.3 is 0 Å². The number of carbonyl (C=O) groups is 2. The highest BCUT2D eigenvalue weighted by atomic mass is 32.2. The average molecular weight is 361 g/mol. The van der Waals surface area contributed by atoms with Crippen molar-refractivity contribution in [2.24, 2.45) is 0 Å². The highest BCUT2D eigenvalue weighted by Crippen LogP contribution is 2.26. The Morgan fingerprint density at radius 3 is 2.44 bits per heavy atom. The number of hydrogen-bond donors (Lipinski definition) is 2. The number of hydrogen-bond acceptors (Lipinski definition) is 5. The molecule has 0 radical (unpaired) electrons. The van der Waals surface area contributed by atoms with Crippen LogP contribution in [0.15, 0.2) is 48.5 Å². The van der Waals surface area contributed by atoms with E-state index in [1.807, 2.05) is 12.1 Å². The molecule has 25 heavy (non-hydrogen) atoms. The van der Waals surface area contributed by atoms with Crippen molar-refractivity contribution in [1.82, 2.24) is 5.32 Å². The van der Waals surface area contributed by atoms with Crippen molar-refractivity contribution < 1.29 is 23.8 Å². The van der Waals surface area contributed by atoms with Crippen molar-refractivity contribution in [1.29, 1.82) is 0 Å². The fourth-order valence-corrected chi connectivity index (χ4v) is 3.36. The van der Waals surface area contributed by atoms with E-state index >= 15 is 0 Å². The Labute approximate surface area is 148 Å². The summed E-state index contributed by atoms with van der Waals surface area (Å²) >= 11 is 1.08. The van der Waals surface area contributed by atoms with Crippen LogP contribution in [0.5, 0.6) is 5.75 Å². The SMILES string of the molecule is O=C1NC(O)C(Cc2ccc(OCC(=O)c3ccc(F)cc3)cc2)S1. The highest BCUT2D eigenvalue weighted by Gasteiger charge is 2.31. The topological polar surface area (TPSA) is 75.6 Å². The first-order chi connectivity index (χ1) is 12.0. The zero-order chi connectivity index (χ0) is 17.8. The number of halogens is 1. The number of rotatable bonds is 6. The second-order valence-electron chi connectivity index (χ2n) is 5.60. The molecule has 1 saturated heterocycles. The summed E-state index contributed by atoms with van der Waals surface area (Å²) in [5.41, 5.74) is 1.34. The van der Waals surface area contributed by atoms with Gasteiger partial charge in [-0.2, -0.15) is 0 Å². The van der Waals surface area contributed by atoms with E-state index in [2.05, 4.69) is 5.32 Å². The maximum atomic E-state index is 12.8. The number of aliphatic hydroxyl groups excluding tert-OH is 1. The second-order valence-corrected chi connectivity index (χ2v) is 6.81. The van der Waals surface area contributed by atoms with Crippen LogP contribution in [0, 0.1) is 5.82 Å². The first kappa shape index (κ1) is 17.4. The van der Waals surface area contributed by atoms with Crippen molar-refractivity contribution in [3.63, 3.8) is 0 Å². The molecule has 1 aliphatic rings. The smallest absolute Gasteiger partial charge is 0.281 e. The van der Waals surface area contributed by atoms with Gasteiger partial charge in [-0.15, -0.1) is 0 Å². The maximum absolute atomic E-state index is 12.8. The molecular formula is C18H16FNO4S. The van der Waals surface area contributed by atoms with E-state index in [0.29, 0.717) is 17.7 Å². The van der Waals surface area contributed by atoms with Crippen molar-refractivity contribution >= 4 is 22.8 Å². The summed E-state index contributed by atoms with van der Waals surface area (Å²) in [6, 6.07) is 12.4. The van der Waals surface area contributed by atoms with Crippen molar-refractivity contribution in [3.8, 4) is 5.75 Å². The van der Waals surface area contributed by atoms with E-state index < -0.39 is 12.0 Å². The van der Waals surface area contributed by atoms with E-state index in [1.165, 1.54) is 24.3 Å². The molecule has 1 heterocycles. The van der Waals surface area contributed by atoms with Crippen LogP contribution >= 0.6 is 11.8 Å². The average Bonchev–Trinajstić information content (AvgIpc) is 2.92. The molecule has 2 aromatic rings. The van der Waals surface area contributed by atoms with Gasteiger partial charge in [-0.25, -0.2) is 4.39 Å². The van der Waals surface area contributed by atoms with Crippen LogP contribution in [0.2, 0.25) is 0 Å². The molecule has 0 spiro atoms. The molecule has 0 aromatic heterocycles. The third kappa shape index (κ3) is 4.58. The van der Waals surface area contributed by atoms with Crippen LogP contribution in [0.25, 0.3) is 0 Å². The third-order valence-corrected chi connectivity index (χ3v) is 4.83. The van der Waals surface area contributed by atoms with Gasteiger partial charge in [-0.3, -0.25) is 9.59 Å². The molecular weight excluding hydrogens is 345 g/mol. The number of ether oxygens (including phenoxy) is 1. The molecule has 5 nitrogen and oxygen atoms in total. The summed E-state index contributed by atoms with van der Waals surface area (Å²) < 4.78 is 18.3. The number of nitrogens with one attached hydrogen (secondary N) is 1. The van der Waals surface area contributed by atoms with Gasteiger partial charge in [-0.1, -0.05) is 23.9 Å². The van der Waals surface area contributed by atoms with Gasteiger partial charge in [0, 0.05) is 5.56 Å². The van der Waals surface area contributed by atoms with Crippen LogP contribution in [-0.2, 0) is 6.42 Å². The molecule has 1 fully saturated rings. The van der Waals surface area contributed by atoms with E-state index in [4.69, 9.17) is 4.74 Å². The zero-order valence-electron chi connectivity index (χ0n) is 13.1. The minimum absolute atomic E-state index is 0.138. The summed E-state index contributed by atoms with van der Waals surface area (Å²) in [4.78, 5) is 23.2. The van der Waals surface area contributed by atoms with E-state index in [9.17, 15) is 19.1 Å². The Balaban J connectivity index is 1.53. The summed E-state index contributed by atoms with van der Waals surface area (Å²) in [6.07, 6.45) is -0.305. The highest BCUT2D eigenvalue weighted by molar-refractivity contribution is 8.14. The lowest BCUT2D eigenvalue weighted by atomic mass is 10.1. The lowest BCUT2D eigenvalue weighted by Crippen LogP contribution is -2.31. The Hall–Kier alpha value is -2.38. The predicted molar refractivity (Wildman–Crippen MR) is 92.3 cm³/mol. The summed E-state index contributed by atoms with van der Waals surface area (Å²) in [5.74, 6) is -0.0947. The molecule has 0 saturated carbocycles. The lowest BCUT2D eigenvalue weighted by Gasteiger charge is -2.12. The fourth-order valence-electron chi connectivity index (χ4n) is 2.43. The molecule has 0 bridgehead atoms. The largest absolute Gasteiger partial charge is 0.485 e. The van der Waals surface area contributed by atoms with Gasteiger partial charge in [0.1, 0.15) is 17.8 Å². The summed E-state index contributed by atoms with van der Waals surface area (Å²) in [5, 5.41) is 11.7. The van der Waals surface area contributed by atoms with Gasteiger partial charge in [0.25, 0.3) is 5.24 Å². The molecule has 2 aromatic carbocycles. The minimum Gasteiger partial charge on any atom is -0.485 e. The molecule has 130 valence electrons. The quantitative estimate of drug-likeness (QED) is 0.774. The monoisotopic (exact) mass is 361 g/mol. The number of aliphatic hydroxyl groups is 1. The van der Waals surface area contributed by atoms with E-state index in [0.717, 1.165) is 17.3 Å².